The van der Waals surface area contributed by atoms with E-state index in [9.17, 15) is 4.79 Å². The van der Waals surface area contributed by atoms with Gasteiger partial charge in [-0.15, -0.1) is 0 Å². The van der Waals surface area contributed by atoms with Gasteiger partial charge in [0.1, 0.15) is 0 Å². The lowest BCUT2D eigenvalue weighted by atomic mass is 10.0. The first-order valence-corrected chi connectivity index (χ1v) is 6.18. The van der Waals surface area contributed by atoms with Gasteiger partial charge in [0.15, 0.2) is 0 Å². The van der Waals surface area contributed by atoms with E-state index >= 15 is 0 Å². The number of hydrogen-bond donors (Lipinski definition) is 1. The first-order valence-electron chi connectivity index (χ1n) is 4.65. The second-order valence-electron chi connectivity index (χ2n) is 3.39. The quantitative estimate of drug-likeness (QED) is 0.620. The van der Waals surface area contributed by atoms with Gasteiger partial charge in [0.2, 0.25) is 5.91 Å². The fourth-order valence-electron chi connectivity index (χ4n) is 1.74. The highest BCUT2D eigenvalue weighted by Crippen LogP contribution is 2.27. The highest BCUT2D eigenvalue weighted by Gasteiger charge is 2.17. The van der Waals surface area contributed by atoms with Crippen LogP contribution in [0.15, 0.2) is 0 Å². The van der Waals surface area contributed by atoms with Gasteiger partial charge in [0.25, 0.3) is 0 Å². The Labute approximate surface area is 87.6 Å². The molecule has 0 atom stereocenters. The summed E-state index contributed by atoms with van der Waals surface area (Å²) < 4.78 is 1.01. The van der Waals surface area contributed by atoms with Gasteiger partial charge in [-0.1, -0.05) is 35.4 Å². The van der Waals surface area contributed by atoms with Crippen molar-refractivity contribution >= 4 is 28.5 Å². The molecule has 2 nitrogen and oxygen atoms in total. The van der Waals surface area contributed by atoms with Crippen molar-refractivity contribution < 1.29 is 4.79 Å². The molecule has 0 aromatic heterocycles. The van der Waals surface area contributed by atoms with Crippen LogP contribution in [0.4, 0.5) is 0 Å². The van der Waals surface area contributed by atoms with Crippen LogP contribution in [0.5, 0.6) is 0 Å². The second-order valence-corrected chi connectivity index (χ2v) is 4.47. The molecule has 70 valence electrons. The molecule has 0 aliphatic heterocycles. The molecule has 1 N–H and O–H groups in total. The van der Waals surface area contributed by atoms with Crippen LogP contribution in [0, 0.1) is 5.92 Å². The summed E-state index contributed by atoms with van der Waals surface area (Å²) in [5, 5.41) is 2.91. The van der Waals surface area contributed by atoms with E-state index in [0.29, 0.717) is 5.92 Å². The molecule has 0 aromatic carbocycles. The Morgan fingerprint density at radius 2 is 2.08 bits per heavy atom. The predicted molar refractivity (Wildman–Crippen MR) is 58.5 cm³/mol. The average molecular weight is 281 g/mol. The van der Waals surface area contributed by atoms with Crippen LogP contribution in [0.1, 0.15) is 32.1 Å². The maximum absolute atomic E-state index is 11.2. The SMILES string of the molecule is O=C(CC1CCCC1)NCCI. The van der Waals surface area contributed by atoms with E-state index < -0.39 is 0 Å². The van der Waals surface area contributed by atoms with Crippen molar-refractivity contribution in [3.05, 3.63) is 0 Å². The van der Waals surface area contributed by atoms with Gasteiger partial charge in [0, 0.05) is 17.4 Å². The Balaban J connectivity index is 2.08. The number of carbonyl (C=O) groups is 1. The van der Waals surface area contributed by atoms with Gasteiger partial charge in [-0.3, -0.25) is 4.79 Å². The number of rotatable bonds is 4. The van der Waals surface area contributed by atoms with Crippen LogP contribution in [0.25, 0.3) is 0 Å². The zero-order chi connectivity index (χ0) is 8.81. The summed E-state index contributed by atoms with van der Waals surface area (Å²) >= 11 is 2.27. The Kier molecular flexibility index (Phi) is 4.95. The molecule has 0 heterocycles. The normalized spacial score (nSPS) is 18.1. The van der Waals surface area contributed by atoms with E-state index in [0.717, 1.165) is 17.4 Å². The first kappa shape index (κ1) is 10.3. The van der Waals surface area contributed by atoms with E-state index in [1.165, 1.54) is 25.7 Å². The van der Waals surface area contributed by atoms with Crippen LogP contribution in [-0.4, -0.2) is 16.9 Å². The molecule has 1 fully saturated rings. The van der Waals surface area contributed by atoms with Crippen molar-refractivity contribution in [3.63, 3.8) is 0 Å². The zero-order valence-electron chi connectivity index (χ0n) is 7.31. The summed E-state index contributed by atoms with van der Waals surface area (Å²) in [4.78, 5) is 11.2. The van der Waals surface area contributed by atoms with Crippen molar-refractivity contribution in [2.75, 3.05) is 11.0 Å². The van der Waals surface area contributed by atoms with Gasteiger partial charge < -0.3 is 5.32 Å². The molecule has 0 spiro atoms. The number of amides is 1. The van der Waals surface area contributed by atoms with Crippen molar-refractivity contribution in [2.45, 2.75) is 32.1 Å². The molecule has 1 aliphatic rings. The fourth-order valence-corrected chi connectivity index (χ4v) is 2.01. The lowest BCUT2D eigenvalue weighted by Crippen LogP contribution is -2.26. The summed E-state index contributed by atoms with van der Waals surface area (Å²) in [5.74, 6) is 0.928. The number of carbonyl (C=O) groups excluding carboxylic acids is 1. The number of alkyl halides is 1. The monoisotopic (exact) mass is 281 g/mol. The lowest BCUT2D eigenvalue weighted by Gasteiger charge is -2.07. The lowest BCUT2D eigenvalue weighted by molar-refractivity contribution is -0.121. The molecule has 3 heteroatoms. The Hall–Kier alpha value is 0.200. The third-order valence-electron chi connectivity index (χ3n) is 2.37. The topological polar surface area (TPSA) is 29.1 Å². The summed E-state index contributed by atoms with van der Waals surface area (Å²) in [6.07, 6.45) is 5.93. The molecule has 1 rings (SSSR count). The summed E-state index contributed by atoms with van der Waals surface area (Å²) in [6, 6.07) is 0. The Morgan fingerprint density at radius 3 is 2.67 bits per heavy atom. The van der Waals surface area contributed by atoms with Gasteiger partial charge in [-0.2, -0.15) is 0 Å². The minimum Gasteiger partial charge on any atom is -0.355 e. The first-order chi connectivity index (χ1) is 5.83. The second kappa shape index (κ2) is 5.78. The third-order valence-corrected chi connectivity index (χ3v) is 2.90. The minimum absolute atomic E-state index is 0.249. The molecule has 1 amide bonds. The molecule has 12 heavy (non-hydrogen) atoms. The maximum Gasteiger partial charge on any atom is 0.220 e. The molecular formula is C9H16INO. The number of nitrogens with one attached hydrogen (secondary N) is 1. The number of halogens is 1. The van der Waals surface area contributed by atoms with Crippen molar-refractivity contribution in [1.29, 1.82) is 0 Å². The highest BCUT2D eigenvalue weighted by molar-refractivity contribution is 14.1. The molecular weight excluding hydrogens is 265 g/mol. The van der Waals surface area contributed by atoms with Crippen LogP contribution in [-0.2, 0) is 4.79 Å². The molecule has 1 saturated carbocycles. The highest BCUT2D eigenvalue weighted by atomic mass is 127. The molecule has 0 unspecified atom stereocenters. The summed E-state index contributed by atoms with van der Waals surface area (Å²) in [5.41, 5.74) is 0. The maximum atomic E-state index is 11.2. The van der Waals surface area contributed by atoms with Crippen LogP contribution in [0.2, 0.25) is 0 Å². The van der Waals surface area contributed by atoms with E-state index in [1.54, 1.807) is 0 Å². The predicted octanol–water partition coefficient (Wildman–Crippen LogP) is 2.12. The van der Waals surface area contributed by atoms with Crippen molar-refractivity contribution in [3.8, 4) is 0 Å². The van der Waals surface area contributed by atoms with Crippen LogP contribution in [0.3, 0.4) is 0 Å². The fraction of sp³-hybridized carbons (Fsp3) is 0.889. The summed E-state index contributed by atoms with van der Waals surface area (Å²) in [6.45, 7) is 0.826. The van der Waals surface area contributed by atoms with E-state index in [4.69, 9.17) is 0 Å². The molecule has 0 aromatic rings. The van der Waals surface area contributed by atoms with E-state index in [1.807, 2.05) is 0 Å². The summed E-state index contributed by atoms with van der Waals surface area (Å²) in [7, 11) is 0. The van der Waals surface area contributed by atoms with Crippen molar-refractivity contribution in [1.82, 2.24) is 5.32 Å². The standard InChI is InChI=1S/C9H16INO/c10-5-6-11-9(12)7-8-3-1-2-4-8/h8H,1-7H2,(H,11,12). The minimum atomic E-state index is 0.249. The third kappa shape index (κ3) is 3.74. The Bertz CT molecular complexity index is 143. The van der Waals surface area contributed by atoms with Crippen LogP contribution >= 0.6 is 22.6 Å². The van der Waals surface area contributed by atoms with Gasteiger partial charge in [0.05, 0.1) is 0 Å². The van der Waals surface area contributed by atoms with E-state index in [-0.39, 0.29) is 5.91 Å². The molecule has 0 saturated heterocycles. The largest absolute Gasteiger partial charge is 0.355 e. The van der Waals surface area contributed by atoms with Gasteiger partial charge in [-0.05, 0) is 18.8 Å². The van der Waals surface area contributed by atoms with Crippen LogP contribution < -0.4 is 5.32 Å². The van der Waals surface area contributed by atoms with Crippen molar-refractivity contribution in [2.24, 2.45) is 5.92 Å². The van der Waals surface area contributed by atoms with Gasteiger partial charge >= 0.3 is 0 Å². The number of hydrogen-bond acceptors (Lipinski definition) is 1. The van der Waals surface area contributed by atoms with E-state index in [2.05, 4.69) is 27.9 Å². The average Bonchev–Trinajstić information content (AvgIpc) is 2.53. The smallest absolute Gasteiger partial charge is 0.220 e. The molecule has 0 bridgehead atoms. The van der Waals surface area contributed by atoms with Gasteiger partial charge in [-0.25, -0.2) is 0 Å². The molecule has 0 radical (unpaired) electrons. The molecule has 1 aliphatic carbocycles. The zero-order valence-corrected chi connectivity index (χ0v) is 9.47. The Morgan fingerprint density at radius 1 is 1.42 bits per heavy atom.